The van der Waals surface area contributed by atoms with Gasteiger partial charge in [-0.2, -0.15) is 13.2 Å². The average Bonchev–Trinajstić information content (AvgIpc) is 2.73. The number of aryl methyl sites for hydroxylation is 1. The molecule has 0 aliphatic carbocycles. The van der Waals surface area contributed by atoms with Crippen LogP contribution in [0.1, 0.15) is 28.0 Å². The lowest BCUT2D eigenvalue weighted by Gasteiger charge is -2.29. The van der Waals surface area contributed by atoms with E-state index in [9.17, 15) is 18.0 Å². The van der Waals surface area contributed by atoms with Crippen molar-refractivity contribution in [2.45, 2.75) is 19.0 Å². The normalized spacial score (nSPS) is 13.7. The molecule has 8 heteroatoms. The molecule has 0 saturated carbocycles. The lowest BCUT2D eigenvalue weighted by atomic mass is 10.0. The number of benzene rings is 2. The van der Waals surface area contributed by atoms with E-state index in [1.165, 1.54) is 30.5 Å². The van der Waals surface area contributed by atoms with Crippen LogP contribution < -0.4 is 10.2 Å². The second kappa shape index (κ2) is 7.54. The minimum absolute atomic E-state index is 0.00460. The molecule has 1 aliphatic heterocycles. The van der Waals surface area contributed by atoms with Crippen LogP contribution in [-0.4, -0.2) is 22.4 Å². The van der Waals surface area contributed by atoms with Crippen LogP contribution in [0.25, 0.3) is 0 Å². The van der Waals surface area contributed by atoms with Crippen LogP contribution in [0.15, 0.2) is 60.8 Å². The first kappa shape index (κ1) is 18.9. The zero-order valence-electron chi connectivity index (χ0n) is 15.3. The molecule has 1 aromatic heterocycles. The van der Waals surface area contributed by atoms with Gasteiger partial charge in [0.1, 0.15) is 5.69 Å². The highest BCUT2D eigenvalue weighted by Gasteiger charge is 2.33. The van der Waals surface area contributed by atoms with Gasteiger partial charge in [-0.3, -0.25) is 4.79 Å². The van der Waals surface area contributed by atoms with Crippen LogP contribution in [0.3, 0.4) is 0 Å². The van der Waals surface area contributed by atoms with E-state index >= 15 is 0 Å². The van der Waals surface area contributed by atoms with Crippen molar-refractivity contribution in [2.75, 3.05) is 16.8 Å². The van der Waals surface area contributed by atoms with Crippen LogP contribution in [0.4, 0.5) is 30.5 Å². The number of anilines is 3. The fraction of sp³-hybridized carbons (Fsp3) is 0.190. The van der Waals surface area contributed by atoms with Crippen LogP contribution in [-0.2, 0) is 12.6 Å². The summed E-state index contributed by atoms with van der Waals surface area (Å²) in [7, 11) is 0. The number of para-hydroxylation sites is 2. The zero-order valence-corrected chi connectivity index (χ0v) is 15.3. The van der Waals surface area contributed by atoms with E-state index in [2.05, 4.69) is 15.3 Å². The van der Waals surface area contributed by atoms with Gasteiger partial charge in [0.2, 0.25) is 5.95 Å². The Morgan fingerprint density at radius 1 is 1.03 bits per heavy atom. The number of hydrogen-bond acceptors (Lipinski definition) is 4. The van der Waals surface area contributed by atoms with Crippen molar-refractivity contribution in [1.82, 2.24) is 9.97 Å². The van der Waals surface area contributed by atoms with Crippen LogP contribution in [0.5, 0.6) is 0 Å². The van der Waals surface area contributed by atoms with Gasteiger partial charge >= 0.3 is 6.18 Å². The summed E-state index contributed by atoms with van der Waals surface area (Å²) in [5.74, 6) is -0.385. The minimum Gasteiger partial charge on any atom is -0.320 e. The first-order chi connectivity index (χ1) is 13.9. The summed E-state index contributed by atoms with van der Waals surface area (Å²) < 4.78 is 39.5. The molecular weight excluding hydrogens is 381 g/mol. The summed E-state index contributed by atoms with van der Waals surface area (Å²) in [6.45, 7) is 0.693. The summed E-state index contributed by atoms with van der Waals surface area (Å²) in [5, 5.41) is 2.31. The molecule has 0 spiro atoms. The van der Waals surface area contributed by atoms with Crippen molar-refractivity contribution in [1.29, 1.82) is 0 Å². The maximum atomic E-state index is 13.2. The van der Waals surface area contributed by atoms with E-state index in [-0.39, 0.29) is 11.4 Å². The van der Waals surface area contributed by atoms with E-state index < -0.39 is 17.6 Å². The predicted octanol–water partition coefficient (Wildman–Crippen LogP) is 4.83. The molecule has 3 aromatic rings. The number of hydrogen-bond donors (Lipinski definition) is 1. The standard InChI is InChI=1S/C21H17F3N4O/c22-21(23,24)15-8-2-3-9-16(15)26-19(29)17-11-12-25-20(27-17)28-13-5-7-14-6-1-4-10-18(14)28/h1-4,6,8-12H,5,7,13H2,(H,26,29). The van der Waals surface area contributed by atoms with Crippen molar-refractivity contribution in [3.63, 3.8) is 0 Å². The van der Waals surface area contributed by atoms with Gasteiger partial charge in [0.15, 0.2) is 0 Å². The zero-order chi connectivity index (χ0) is 20.4. The van der Waals surface area contributed by atoms with E-state index in [1.807, 2.05) is 29.2 Å². The molecule has 2 aromatic carbocycles. The van der Waals surface area contributed by atoms with Crippen molar-refractivity contribution in [2.24, 2.45) is 0 Å². The maximum Gasteiger partial charge on any atom is 0.418 e. The second-order valence-electron chi connectivity index (χ2n) is 6.62. The molecule has 2 heterocycles. The van der Waals surface area contributed by atoms with Crippen molar-refractivity contribution >= 4 is 23.2 Å². The number of amides is 1. The monoisotopic (exact) mass is 398 g/mol. The molecule has 0 saturated heterocycles. The van der Waals surface area contributed by atoms with Crippen molar-refractivity contribution in [3.8, 4) is 0 Å². The summed E-state index contributed by atoms with van der Waals surface area (Å²) in [5.41, 5.74) is 0.908. The largest absolute Gasteiger partial charge is 0.418 e. The summed E-state index contributed by atoms with van der Waals surface area (Å²) in [6.07, 6.45) is -1.28. The highest BCUT2D eigenvalue weighted by atomic mass is 19.4. The van der Waals surface area contributed by atoms with E-state index in [4.69, 9.17) is 0 Å². The topological polar surface area (TPSA) is 58.1 Å². The molecule has 1 aliphatic rings. The predicted molar refractivity (Wildman–Crippen MR) is 103 cm³/mol. The van der Waals surface area contributed by atoms with Crippen LogP contribution in [0.2, 0.25) is 0 Å². The molecule has 0 atom stereocenters. The smallest absolute Gasteiger partial charge is 0.320 e. The Kier molecular flexibility index (Phi) is 4.92. The lowest BCUT2D eigenvalue weighted by Crippen LogP contribution is -2.27. The molecule has 1 N–H and O–H groups in total. The Hall–Kier alpha value is -3.42. The highest BCUT2D eigenvalue weighted by molar-refractivity contribution is 6.03. The number of halogens is 3. The van der Waals surface area contributed by atoms with E-state index in [1.54, 1.807) is 0 Å². The summed E-state index contributed by atoms with van der Waals surface area (Å²) >= 11 is 0. The fourth-order valence-corrected chi connectivity index (χ4v) is 3.37. The summed E-state index contributed by atoms with van der Waals surface area (Å²) in [4.78, 5) is 23.1. The third-order valence-corrected chi connectivity index (χ3v) is 4.71. The average molecular weight is 398 g/mol. The number of aromatic nitrogens is 2. The number of rotatable bonds is 3. The number of carbonyl (C=O) groups excluding carboxylic acids is 1. The lowest BCUT2D eigenvalue weighted by molar-refractivity contribution is -0.136. The van der Waals surface area contributed by atoms with Gasteiger partial charge in [-0.1, -0.05) is 30.3 Å². The Labute approximate surface area is 165 Å². The second-order valence-corrected chi connectivity index (χ2v) is 6.62. The Bertz CT molecular complexity index is 1050. The van der Waals surface area contributed by atoms with Gasteiger partial charge in [0.05, 0.1) is 11.3 Å². The van der Waals surface area contributed by atoms with Gasteiger partial charge in [-0.05, 0) is 42.7 Å². The third kappa shape index (κ3) is 3.91. The van der Waals surface area contributed by atoms with Crippen LogP contribution >= 0.6 is 0 Å². The summed E-state index contributed by atoms with van der Waals surface area (Å²) in [6, 6.07) is 14.1. The van der Waals surface area contributed by atoms with E-state index in [0.717, 1.165) is 30.2 Å². The number of alkyl halides is 3. The first-order valence-corrected chi connectivity index (χ1v) is 9.09. The molecule has 148 valence electrons. The molecule has 4 rings (SSSR count). The first-order valence-electron chi connectivity index (χ1n) is 9.09. The minimum atomic E-state index is -4.57. The number of carbonyl (C=O) groups is 1. The van der Waals surface area contributed by atoms with Gasteiger partial charge in [0.25, 0.3) is 5.91 Å². The van der Waals surface area contributed by atoms with Gasteiger partial charge in [-0.25, -0.2) is 9.97 Å². The van der Waals surface area contributed by atoms with Gasteiger partial charge in [-0.15, -0.1) is 0 Å². The molecular formula is C21H17F3N4O. The molecule has 0 radical (unpaired) electrons. The van der Waals surface area contributed by atoms with Crippen molar-refractivity contribution in [3.05, 3.63) is 77.6 Å². The van der Waals surface area contributed by atoms with Gasteiger partial charge < -0.3 is 10.2 Å². The van der Waals surface area contributed by atoms with E-state index in [0.29, 0.717) is 12.5 Å². The number of nitrogens with zero attached hydrogens (tertiary/aromatic N) is 3. The van der Waals surface area contributed by atoms with Crippen molar-refractivity contribution < 1.29 is 18.0 Å². The maximum absolute atomic E-state index is 13.2. The van der Waals surface area contributed by atoms with Crippen LogP contribution in [0, 0.1) is 0 Å². The SMILES string of the molecule is O=C(Nc1ccccc1C(F)(F)F)c1ccnc(N2CCCc3ccccc32)n1. The number of nitrogens with one attached hydrogen (secondary N) is 1. The fourth-order valence-electron chi connectivity index (χ4n) is 3.37. The highest BCUT2D eigenvalue weighted by Crippen LogP contribution is 2.35. The quantitative estimate of drug-likeness (QED) is 0.687. The molecule has 5 nitrogen and oxygen atoms in total. The molecule has 1 amide bonds. The molecule has 0 unspecified atom stereocenters. The molecule has 0 bridgehead atoms. The number of fused-ring (bicyclic) bond motifs is 1. The molecule has 29 heavy (non-hydrogen) atoms. The third-order valence-electron chi connectivity index (χ3n) is 4.71. The Morgan fingerprint density at radius 3 is 2.62 bits per heavy atom. The van der Waals surface area contributed by atoms with Gasteiger partial charge in [0, 0.05) is 18.4 Å². The Balaban J connectivity index is 1.62. The Morgan fingerprint density at radius 2 is 1.79 bits per heavy atom. The molecule has 0 fully saturated rings.